The van der Waals surface area contributed by atoms with Crippen molar-refractivity contribution in [2.24, 2.45) is 5.73 Å². The Morgan fingerprint density at radius 2 is 2.06 bits per heavy atom. The Labute approximate surface area is 105 Å². The predicted octanol–water partition coefficient (Wildman–Crippen LogP) is 1.37. The molecule has 18 heavy (non-hydrogen) atoms. The number of halogens is 2. The first-order chi connectivity index (χ1) is 8.38. The maximum Gasteiger partial charge on any atom is 0.243 e. The summed E-state index contributed by atoms with van der Waals surface area (Å²) in [5, 5.41) is 0. The van der Waals surface area contributed by atoms with Crippen molar-refractivity contribution in [3.8, 4) is 0 Å². The van der Waals surface area contributed by atoms with Gasteiger partial charge < -0.3 is 5.73 Å². The van der Waals surface area contributed by atoms with Crippen molar-refractivity contribution < 1.29 is 17.2 Å². The Kier molecular flexibility index (Phi) is 5.18. The minimum atomic E-state index is -4.07. The molecule has 0 spiro atoms. The second-order valence-corrected chi connectivity index (χ2v) is 5.69. The summed E-state index contributed by atoms with van der Waals surface area (Å²) < 4.78 is 51.9. The molecule has 0 radical (unpaired) electrons. The number of sulfonamides is 1. The fourth-order valence-electron chi connectivity index (χ4n) is 1.46. The van der Waals surface area contributed by atoms with Crippen LogP contribution in [-0.2, 0) is 10.0 Å². The molecule has 1 unspecified atom stereocenters. The van der Waals surface area contributed by atoms with E-state index in [2.05, 4.69) is 4.72 Å². The van der Waals surface area contributed by atoms with Crippen LogP contribution in [0, 0.1) is 11.6 Å². The minimum Gasteiger partial charge on any atom is -0.327 e. The molecule has 1 aromatic carbocycles. The van der Waals surface area contributed by atoms with Gasteiger partial charge in [-0.05, 0) is 18.6 Å². The summed E-state index contributed by atoms with van der Waals surface area (Å²) in [6, 6.07) is 2.66. The highest BCUT2D eigenvalue weighted by molar-refractivity contribution is 7.89. The van der Waals surface area contributed by atoms with E-state index in [0.717, 1.165) is 24.6 Å². The second-order valence-electron chi connectivity index (χ2n) is 3.95. The van der Waals surface area contributed by atoms with Gasteiger partial charge in [-0.1, -0.05) is 19.4 Å². The van der Waals surface area contributed by atoms with Crippen molar-refractivity contribution >= 4 is 10.0 Å². The summed E-state index contributed by atoms with van der Waals surface area (Å²) in [6.07, 6.45) is 1.46. The standard InChI is InChI=1S/C11H16F2N2O2S/c1-2-4-8(14)7-15-18(16,17)10-6-3-5-9(12)11(10)13/h3,5-6,8,15H,2,4,7,14H2,1H3. The van der Waals surface area contributed by atoms with Gasteiger partial charge in [-0.15, -0.1) is 0 Å². The van der Waals surface area contributed by atoms with Crippen molar-refractivity contribution in [3.05, 3.63) is 29.8 Å². The highest BCUT2D eigenvalue weighted by Crippen LogP contribution is 2.16. The molecule has 0 bridgehead atoms. The Bertz CT molecular complexity index is 506. The lowest BCUT2D eigenvalue weighted by Gasteiger charge is -2.12. The number of nitrogens with one attached hydrogen (secondary N) is 1. The minimum absolute atomic E-state index is 0.00781. The van der Waals surface area contributed by atoms with Crippen LogP contribution in [0.25, 0.3) is 0 Å². The molecule has 0 heterocycles. The van der Waals surface area contributed by atoms with Gasteiger partial charge in [0.15, 0.2) is 11.6 Å². The second kappa shape index (κ2) is 6.21. The Balaban J connectivity index is 2.84. The van der Waals surface area contributed by atoms with Gasteiger partial charge in [0, 0.05) is 12.6 Å². The Morgan fingerprint density at radius 3 is 2.67 bits per heavy atom. The van der Waals surface area contributed by atoms with E-state index in [1.165, 1.54) is 0 Å². The van der Waals surface area contributed by atoms with Gasteiger partial charge in [-0.2, -0.15) is 0 Å². The number of nitrogens with two attached hydrogens (primary N) is 1. The Hall–Kier alpha value is -1.05. The van der Waals surface area contributed by atoms with Gasteiger partial charge in [-0.25, -0.2) is 21.9 Å². The van der Waals surface area contributed by atoms with E-state index in [1.807, 2.05) is 6.92 Å². The first kappa shape index (κ1) is 15.0. The topological polar surface area (TPSA) is 72.2 Å². The largest absolute Gasteiger partial charge is 0.327 e. The van der Waals surface area contributed by atoms with Crippen LogP contribution in [0.5, 0.6) is 0 Å². The van der Waals surface area contributed by atoms with Crippen molar-refractivity contribution in [2.75, 3.05) is 6.54 Å². The van der Waals surface area contributed by atoms with E-state index in [1.54, 1.807) is 0 Å². The molecule has 1 aromatic rings. The van der Waals surface area contributed by atoms with Crippen LogP contribution in [0.15, 0.2) is 23.1 Å². The quantitative estimate of drug-likeness (QED) is 0.825. The van der Waals surface area contributed by atoms with Crippen LogP contribution in [0.1, 0.15) is 19.8 Å². The molecule has 7 heteroatoms. The van der Waals surface area contributed by atoms with Crippen LogP contribution < -0.4 is 10.5 Å². The molecule has 3 N–H and O–H groups in total. The van der Waals surface area contributed by atoms with Crippen molar-refractivity contribution in [3.63, 3.8) is 0 Å². The zero-order valence-corrected chi connectivity index (χ0v) is 10.8. The molecule has 0 aliphatic carbocycles. The van der Waals surface area contributed by atoms with Gasteiger partial charge in [0.05, 0.1) is 0 Å². The van der Waals surface area contributed by atoms with Crippen LogP contribution >= 0.6 is 0 Å². The third-order valence-corrected chi connectivity index (χ3v) is 3.84. The third-order valence-electron chi connectivity index (χ3n) is 2.40. The molecule has 0 aliphatic heterocycles. The zero-order chi connectivity index (χ0) is 13.8. The van der Waals surface area contributed by atoms with E-state index in [0.29, 0.717) is 6.42 Å². The molecule has 4 nitrogen and oxygen atoms in total. The number of hydrogen-bond acceptors (Lipinski definition) is 3. The summed E-state index contributed by atoms with van der Waals surface area (Å²) in [6.45, 7) is 1.91. The van der Waals surface area contributed by atoms with Crippen LogP contribution in [0.3, 0.4) is 0 Å². The summed E-state index contributed by atoms with van der Waals surface area (Å²) in [7, 11) is -4.07. The first-order valence-electron chi connectivity index (χ1n) is 5.57. The van der Waals surface area contributed by atoms with Gasteiger partial charge in [0.1, 0.15) is 4.90 Å². The zero-order valence-electron chi connectivity index (χ0n) is 9.99. The summed E-state index contributed by atoms with van der Waals surface area (Å²) in [5.74, 6) is -2.58. The summed E-state index contributed by atoms with van der Waals surface area (Å²) in [4.78, 5) is -0.703. The first-order valence-corrected chi connectivity index (χ1v) is 7.06. The number of benzene rings is 1. The molecular weight excluding hydrogens is 262 g/mol. The predicted molar refractivity (Wildman–Crippen MR) is 64.4 cm³/mol. The fourth-order valence-corrected chi connectivity index (χ4v) is 2.64. The van der Waals surface area contributed by atoms with Crippen LogP contribution in [0.2, 0.25) is 0 Å². The average Bonchev–Trinajstić information content (AvgIpc) is 2.30. The van der Waals surface area contributed by atoms with Crippen molar-refractivity contribution in [1.82, 2.24) is 4.72 Å². The lowest BCUT2D eigenvalue weighted by molar-refractivity contribution is 0.482. The molecule has 0 aliphatic rings. The summed E-state index contributed by atoms with van der Waals surface area (Å²) >= 11 is 0. The maximum absolute atomic E-state index is 13.3. The van der Waals surface area contributed by atoms with Crippen LogP contribution in [-0.4, -0.2) is 21.0 Å². The molecule has 0 saturated carbocycles. The molecule has 102 valence electrons. The fraction of sp³-hybridized carbons (Fsp3) is 0.455. The molecule has 0 aromatic heterocycles. The molecule has 1 atom stereocenters. The normalized spacial score (nSPS) is 13.6. The average molecular weight is 278 g/mol. The van der Waals surface area contributed by atoms with Crippen molar-refractivity contribution in [2.45, 2.75) is 30.7 Å². The number of rotatable bonds is 6. The van der Waals surface area contributed by atoms with Gasteiger partial charge in [0.2, 0.25) is 10.0 Å². The molecule has 0 fully saturated rings. The third kappa shape index (κ3) is 3.72. The highest BCUT2D eigenvalue weighted by atomic mass is 32.2. The lowest BCUT2D eigenvalue weighted by Crippen LogP contribution is -2.37. The Morgan fingerprint density at radius 1 is 1.39 bits per heavy atom. The molecular formula is C11H16F2N2O2S. The monoisotopic (exact) mass is 278 g/mol. The van der Waals surface area contributed by atoms with E-state index in [-0.39, 0.29) is 12.6 Å². The highest BCUT2D eigenvalue weighted by Gasteiger charge is 2.21. The van der Waals surface area contributed by atoms with Gasteiger partial charge >= 0.3 is 0 Å². The lowest BCUT2D eigenvalue weighted by atomic mass is 10.2. The number of hydrogen-bond donors (Lipinski definition) is 2. The van der Waals surface area contributed by atoms with E-state index in [9.17, 15) is 17.2 Å². The maximum atomic E-state index is 13.3. The molecule has 1 rings (SSSR count). The van der Waals surface area contributed by atoms with Crippen LogP contribution in [0.4, 0.5) is 8.78 Å². The smallest absolute Gasteiger partial charge is 0.243 e. The van der Waals surface area contributed by atoms with E-state index >= 15 is 0 Å². The molecule has 0 saturated heterocycles. The summed E-state index contributed by atoms with van der Waals surface area (Å²) in [5.41, 5.74) is 5.64. The SMILES string of the molecule is CCCC(N)CNS(=O)(=O)c1cccc(F)c1F. The van der Waals surface area contributed by atoms with Gasteiger partial charge in [0.25, 0.3) is 0 Å². The van der Waals surface area contributed by atoms with Gasteiger partial charge in [-0.3, -0.25) is 0 Å². The molecule has 0 amide bonds. The van der Waals surface area contributed by atoms with E-state index < -0.39 is 26.6 Å². The van der Waals surface area contributed by atoms with E-state index in [4.69, 9.17) is 5.73 Å². The van der Waals surface area contributed by atoms with Crippen molar-refractivity contribution in [1.29, 1.82) is 0 Å².